The number of allylic oxidation sites excluding steroid dienone is 1. The van der Waals surface area contributed by atoms with Crippen molar-refractivity contribution < 1.29 is 14.3 Å². The van der Waals surface area contributed by atoms with Crippen molar-refractivity contribution >= 4 is 11.9 Å². The first-order valence-corrected chi connectivity index (χ1v) is 7.32. The van der Waals surface area contributed by atoms with Gasteiger partial charge in [0.25, 0.3) is 0 Å². The van der Waals surface area contributed by atoms with E-state index in [4.69, 9.17) is 9.47 Å². The Morgan fingerprint density at radius 1 is 1.35 bits per heavy atom. The van der Waals surface area contributed by atoms with Crippen LogP contribution in [0.2, 0.25) is 0 Å². The average molecular weight is 314 g/mol. The first kappa shape index (κ1) is 15.1. The van der Waals surface area contributed by atoms with Gasteiger partial charge in [-0.15, -0.1) is 0 Å². The Hall–Kier alpha value is -2.83. The number of methoxy groups -OCH3 is 2. The van der Waals surface area contributed by atoms with Crippen molar-refractivity contribution in [2.45, 2.75) is 19.4 Å². The maximum absolute atomic E-state index is 12.4. The number of nitrogens with one attached hydrogen (secondary N) is 1. The third-order valence-electron chi connectivity index (χ3n) is 3.87. The van der Waals surface area contributed by atoms with Crippen molar-refractivity contribution in [3.8, 4) is 5.75 Å². The van der Waals surface area contributed by atoms with Crippen molar-refractivity contribution in [2.24, 2.45) is 0 Å². The molecule has 1 aromatic carbocycles. The topological polar surface area (TPSA) is 78.3 Å². The van der Waals surface area contributed by atoms with E-state index in [1.54, 1.807) is 11.8 Å². The van der Waals surface area contributed by atoms with Crippen LogP contribution in [0.15, 0.2) is 41.9 Å². The summed E-state index contributed by atoms with van der Waals surface area (Å²) in [5, 5.41) is 7.43. The summed E-state index contributed by atoms with van der Waals surface area (Å²) in [7, 11) is 2.98. The molecule has 1 aliphatic heterocycles. The number of hydrogen-bond donors (Lipinski definition) is 1. The van der Waals surface area contributed by atoms with Crippen LogP contribution >= 0.6 is 0 Å². The minimum absolute atomic E-state index is 0.397. The quantitative estimate of drug-likeness (QED) is 0.871. The molecule has 0 spiro atoms. The first-order chi connectivity index (χ1) is 11.2. The maximum atomic E-state index is 12.4. The Balaban J connectivity index is 2.25. The summed E-state index contributed by atoms with van der Waals surface area (Å²) in [6, 6.07) is 7.10. The Labute approximate surface area is 133 Å². The van der Waals surface area contributed by atoms with Gasteiger partial charge in [0.15, 0.2) is 0 Å². The van der Waals surface area contributed by atoms with Gasteiger partial charge in [0.2, 0.25) is 5.95 Å². The lowest BCUT2D eigenvalue weighted by Gasteiger charge is -2.29. The number of esters is 1. The molecule has 0 fully saturated rings. The Morgan fingerprint density at radius 3 is 2.83 bits per heavy atom. The van der Waals surface area contributed by atoms with E-state index in [1.807, 2.05) is 31.2 Å². The van der Waals surface area contributed by atoms with E-state index < -0.39 is 12.0 Å². The second kappa shape index (κ2) is 6.12. The van der Waals surface area contributed by atoms with Crippen LogP contribution in [0.5, 0.6) is 5.75 Å². The average Bonchev–Trinajstić information content (AvgIpc) is 3.07. The van der Waals surface area contributed by atoms with Gasteiger partial charge in [-0.25, -0.2) is 9.48 Å². The van der Waals surface area contributed by atoms with Crippen molar-refractivity contribution in [3.63, 3.8) is 0 Å². The molecule has 0 unspecified atom stereocenters. The van der Waals surface area contributed by atoms with E-state index in [0.29, 0.717) is 23.7 Å². The molecule has 1 aliphatic rings. The lowest BCUT2D eigenvalue weighted by atomic mass is 9.94. The maximum Gasteiger partial charge on any atom is 0.338 e. The number of fused-ring (bicyclic) bond motifs is 1. The highest BCUT2D eigenvalue weighted by Crippen LogP contribution is 2.39. The second-order valence-electron chi connectivity index (χ2n) is 5.04. The smallest absolute Gasteiger partial charge is 0.338 e. The number of aromatic nitrogens is 3. The molecular weight excluding hydrogens is 296 g/mol. The summed E-state index contributed by atoms with van der Waals surface area (Å²) in [4.78, 5) is 16.6. The number of ether oxygens (including phenoxy) is 2. The minimum Gasteiger partial charge on any atom is -0.496 e. The van der Waals surface area contributed by atoms with Gasteiger partial charge in [-0.3, -0.25) is 0 Å². The van der Waals surface area contributed by atoms with E-state index in [2.05, 4.69) is 15.4 Å². The fourth-order valence-electron chi connectivity index (χ4n) is 2.82. The number of rotatable bonds is 4. The molecule has 0 amide bonds. The molecule has 1 N–H and O–H groups in total. The predicted octanol–water partition coefficient (Wildman–Crippen LogP) is 2.14. The molecule has 0 saturated heterocycles. The Kier molecular flexibility index (Phi) is 4.01. The number of carbonyl (C=O) groups excluding carboxylic acids is 1. The van der Waals surface area contributed by atoms with Crippen LogP contribution in [-0.2, 0) is 9.53 Å². The molecule has 120 valence electrons. The highest BCUT2D eigenvalue weighted by Gasteiger charge is 2.36. The second-order valence-corrected chi connectivity index (χ2v) is 5.04. The molecular formula is C16H18N4O3. The SMILES string of the molecule is CCC1=C(C(=O)OC)[C@@H](c2ccccc2OC)n2ncnc2N1. The zero-order valence-electron chi connectivity index (χ0n) is 13.2. The fourth-order valence-corrected chi connectivity index (χ4v) is 2.82. The highest BCUT2D eigenvalue weighted by molar-refractivity contribution is 5.92. The monoisotopic (exact) mass is 314 g/mol. The van der Waals surface area contributed by atoms with Crippen molar-refractivity contribution in [1.29, 1.82) is 0 Å². The normalized spacial score (nSPS) is 16.6. The molecule has 7 heteroatoms. The van der Waals surface area contributed by atoms with Crippen LogP contribution in [0.4, 0.5) is 5.95 Å². The van der Waals surface area contributed by atoms with E-state index in [9.17, 15) is 4.79 Å². The molecule has 1 atom stereocenters. The molecule has 0 saturated carbocycles. The molecule has 7 nitrogen and oxygen atoms in total. The van der Waals surface area contributed by atoms with Crippen molar-refractivity contribution in [2.75, 3.05) is 19.5 Å². The van der Waals surface area contributed by atoms with Crippen LogP contribution in [0.3, 0.4) is 0 Å². The molecule has 0 aliphatic carbocycles. The predicted molar refractivity (Wildman–Crippen MR) is 84.1 cm³/mol. The van der Waals surface area contributed by atoms with Gasteiger partial charge >= 0.3 is 5.97 Å². The lowest BCUT2D eigenvalue weighted by molar-refractivity contribution is -0.136. The summed E-state index contributed by atoms with van der Waals surface area (Å²) in [5.41, 5.74) is 2.11. The van der Waals surface area contributed by atoms with Gasteiger partial charge in [0.05, 0.1) is 19.8 Å². The molecule has 1 aromatic heterocycles. The van der Waals surface area contributed by atoms with Crippen LogP contribution in [0.1, 0.15) is 24.9 Å². The van der Waals surface area contributed by atoms with E-state index in [-0.39, 0.29) is 0 Å². The number of benzene rings is 1. The third-order valence-corrected chi connectivity index (χ3v) is 3.87. The summed E-state index contributed by atoms with van der Waals surface area (Å²) in [6.07, 6.45) is 2.10. The summed E-state index contributed by atoms with van der Waals surface area (Å²) in [5.74, 6) is 0.870. The largest absolute Gasteiger partial charge is 0.496 e. The van der Waals surface area contributed by atoms with Gasteiger partial charge in [-0.05, 0) is 12.5 Å². The van der Waals surface area contributed by atoms with Crippen LogP contribution in [-0.4, -0.2) is 35.0 Å². The van der Waals surface area contributed by atoms with Gasteiger partial charge in [-0.1, -0.05) is 25.1 Å². The van der Waals surface area contributed by atoms with E-state index in [0.717, 1.165) is 11.3 Å². The van der Waals surface area contributed by atoms with Crippen LogP contribution in [0.25, 0.3) is 0 Å². The highest BCUT2D eigenvalue weighted by atomic mass is 16.5. The Morgan fingerprint density at radius 2 is 2.13 bits per heavy atom. The minimum atomic E-state index is -0.452. The Bertz CT molecular complexity index is 766. The third kappa shape index (κ3) is 2.44. The molecule has 23 heavy (non-hydrogen) atoms. The van der Waals surface area contributed by atoms with Crippen LogP contribution < -0.4 is 10.1 Å². The van der Waals surface area contributed by atoms with Gasteiger partial charge < -0.3 is 14.8 Å². The van der Waals surface area contributed by atoms with Gasteiger partial charge in [-0.2, -0.15) is 10.1 Å². The zero-order chi connectivity index (χ0) is 16.4. The molecule has 2 heterocycles. The number of nitrogens with zero attached hydrogens (tertiary/aromatic N) is 3. The zero-order valence-corrected chi connectivity index (χ0v) is 13.2. The molecule has 3 rings (SSSR count). The first-order valence-electron chi connectivity index (χ1n) is 7.32. The standard InChI is InChI=1S/C16H18N4O3/c1-4-11-13(15(21)23-3)14(20-16(19-11)17-9-18-20)10-7-5-6-8-12(10)22-2/h5-9,14H,4H2,1-3H3,(H,17,18,19)/t14-/m1/s1. The number of para-hydroxylation sites is 1. The van der Waals surface area contributed by atoms with E-state index in [1.165, 1.54) is 13.4 Å². The molecule has 2 aromatic rings. The van der Waals surface area contributed by atoms with Gasteiger partial charge in [0, 0.05) is 11.3 Å². The number of anilines is 1. The van der Waals surface area contributed by atoms with Crippen LogP contribution in [0, 0.1) is 0 Å². The number of hydrogen-bond acceptors (Lipinski definition) is 6. The molecule has 0 bridgehead atoms. The van der Waals surface area contributed by atoms with Gasteiger partial charge in [0.1, 0.15) is 18.1 Å². The lowest BCUT2D eigenvalue weighted by Crippen LogP contribution is -2.30. The summed E-state index contributed by atoms with van der Waals surface area (Å²) < 4.78 is 12.1. The van der Waals surface area contributed by atoms with E-state index >= 15 is 0 Å². The van der Waals surface area contributed by atoms with Crippen molar-refractivity contribution in [1.82, 2.24) is 14.8 Å². The molecule has 0 radical (unpaired) electrons. The summed E-state index contributed by atoms with van der Waals surface area (Å²) in [6.45, 7) is 1.97. The summed E-state index contributed by atoms with van der Waals surface area (Å²) >= 11 is 0. The fraction of sp³-hybridized carbons (Fsp3) is 0.312. The number of carbonyl (C=O) groups is 1. The van der Waals surface area contributed by atoms with Crippen molar-refractivity contribution in [3.05, 3.63) is 47.4 Å².